The molecule has 0 saturated heterocycles. The third kappa shape index (κ3) is 3.14. The summed E-state index contributed by atoms with van der Waals surface area (Å²) in [5, 5.41) is 0. The van der Waals surface area contributed by atoms with Gasteiger partial charge < -0.3 is 4.74 Å². The molecule has 0 aliphatic rings. The summed E-state index contributed by atoms with van der Waals surface area (Å²) in [6, 6.07) is 12.9. The van der Waals surface area contributed by atoms with Crippen LogP contribution < -0.4 is 4.74 Å². The first-order chi connectivity index (χ1) is 8.25. The van der Waals surface area contributed by atoms with E-state index in [1.165, 1.54) is 0 Å². The monoisotopic (exact) mass is 227 g/mol. The number of aromatic nitrogens is 1. The minimum atomic E-state index is 0.0599. The molecule has 0 spiro atoms. The van der Waals surface area contributed by atoms with Crippen LogP contribution in [0.25, 0.3) is 0 Å². The molecule has 0 saturated carbocycles. The van der Waals surface area contributed by atoms with Crippen molar-refractivity contribution in [1.29, 1.82) is 0 Å². The first kappa shape index (κ1) is 11.3. The van der Waals surface area contributed by atoms with Crippen LogP contribution in [0.15, 0.2) is 48.7 Å². The molecule has 17 heavy (non-hydrogen) atoms. The Kier molecular flexibility index (Phi) is 3.50. The fourth-order valence-electron chi connectivity index (χ4n) is 1.47. The van der Waals surface area contributed by atoms with Crippen molar-refractivity contribution in [3.8, 4) is 5.88 Å². The third-order valence-electron chi connectivity index (χ3n) is 2.36. The summed E-state index contributed by atoms with van der Waals surface area (Å²) in [6.45, 7) is 1.97. The Morgan fingerprint density at radius 3 is 2.82 bits per heavy atom. The number of nitrogens with zero attached hydrogens (tertiary/aromatic N) is 1. The van der Waals surface area contributed by atoms with Crippen molar-refractivity contribution in [2.75, 3.05) is 0 Å². The number of rotatable bonds is 4. The van der Waals surface area contributed by atoms with Crippen LogP contribution in [0, 0.1) is 0 Å². The van der Waals surface area contributed by atoms with Gasteiger partial charge in [0.05, 0.1) is 0 Å². The third-order valence-corrected chi connectivity index (χ3v) is 2.36. The van der Waals surface area contributed by atoms with Crippen LogP contribution in [0.1, 0.15) is 22.8 Å². The Labute approximate surface area is 100 Å². The second kappa shape index (κ2) is 5.25. The highest BCUT2D eigenvalue weighted by molar-refractivity contribution is 5.94. The van der Waals surface area contributed by atoms with E-state index in [4.69, 9.17) is 4.74 Å². The van der Waals surface area contributed by atoms with E-state index in [-0.39, 0.29) is 5.78 Å². The van der Waals surface area contributed by atoms with Gasteiger partial charge in [0.25, 0.3) is 0 Å². The summed E-state index contributed by atoms with van der Waals surface area (Å²) in [6.07, 6.45) is 1.68. The van der Waals surface area contributed by atoms with Crippen molar-refractivity contribution >= 4 is 5.78 Å². The lowest BCUT2D eigenvalue weighted by atomic mass is 10.1. The number of Topliss-reactive ketones (excluding diaryl/α,β-unsaturated/α-hetero) is 1. The van der Waals surface area contributed by atoms with Crippen LogP contribution in [-0.2, 0) is 6.61 Å². The summed E-state index contributed by atoms with van der Waals surface area (Å²) in [5.41, 5.74) is 1.66. The molecule has 2 aromatic rings. The number of carbonyl (C=O) groups is 1. The van der Waals surface area contributed by atoms with Crippen molar-refractivity contribution in [3.63, 3.8) is 0 Å². The summed E-state index contributed by atoms with van der Waals surface area (Å²) in [7, 11) is 0. The molecule has 1 aromatic carbocycles. The maximum absolute atomic E-state index is 11.2. The number of hydrogen-bond acceptors (Lipinski definition) is 3. The van der Waals surface area contributed by atoms with Crippen molar-refractivity contribution in [1.82, 2.24) is 4.98 Å². The van der Waals surface area contributed by atoms with Crippen LogP contribution in [0.4, 0.5) is 0 Å². The number of carbonyl (C=O) groups excluding carboxylic acids is 1. The Balaban J connectivity index is 2.04. The standard InChI is InChI=1S/C14H13NO2/c1-11(16)13-6-4-5-12(9-13)10-17-14-7-2-3-8-15-14/h2-9H,10H2,1H3. The predicted octanol–water partition coefficient (Wildman–Crippen LogP) is 2.86. The fraction of sp³-hybridized carbons (Fsp3) is 0.143. The van der Waals surface area contributed by atoms with E-state index >= 15 is 0 Å². The Morgan fingerprint density at radius 2 is 2.12 bits per heavy atom. The zero-order chi connectivity index (χ0) is 12.1. The molecule has 0 radical (unpaired) electrons. The molecule has 3 nitrogen and oxygen atoms in total. The van der Waals surface area contributed by atoms with Crippen LogP contribution in [0.3, 0.4) is 0 Å². The van der Waals surface area contributed by atoms with Crippen LogP contribution in [-0.4, -0.2) is 10.8 Å². The zero-order valence-corrected chi connectivity index (χ0v) is 9.59. The maximum Gasteiger partial charge on any atom is 0.213 e. The number of ether oxygens (including phenoxy) is 1. The van der Waals surface area contributed by atoms with Gasteiger partial charge in [-0.3, -0.25) is 4.79 Å². The SMILES string of the molecule is CC(=O)c1cccc(COc2ccccn2)c1. The van der Waals surface area contributed by atoms with Crippen molar-refractivity contribution in [2.24, 2.45) is 0 Å². The van der Waals surface area contributed by atoms with Gasteiger partial charge in [0.2, 0.25) is 5.88 Å². The van der Waals surface area contributed by atoms with E-state index in [0.717, 1.165) is 5.56 Å². The number of hydrogen-bond donors (Lipinski definition) is 0. The van der Waals surface area contributed by atoms with E-state index in [0.29, 0.717) is 18.1 Å². The molecule has 0 atom stereocenters. The normalized spacial score (nSPS) is 9.94. The Bertz CT molecular complexity index is 509. The lowest BCUT2D eigenvalue weighted by Crippen LogP contribution is -1.99. The number of benzene rings is 1. The highest BCUT2D eigenvalue weighted by atomic mass is 16.5. The highest BCUT2D eigenvalue weighted by Gasteiger charge is 2.01. The zero-order valence-electron chi connectivity index (χ0n) is 9.59. The van der Waals surface area contributed by atoms with Gasteiger partial charge in [-0.1, -0.05) is 24.3 Å². The van der Waals surface area contributed by atoms with Crippen molar-refractivity contribution in [2.45, 2.75) is 13.5 Å². The first-order valence-electron chi connectivity index (χ1n) is 5.39. The molecule has 0 N–H and O–H groups in total. The molecular formula is C14H13NO2. The summed E-state index contributed by atoms with van der Waals surface area (Å²) in [5.74, 6) is 0.644. The summed E-state index contributed by atoms with van der Waals surface area (Å²) < 4.78 is 5.50. The van der Waals surface area contributed by atoms with E-state index in [1.54, 1.807) is 25.3 Å². The van der Waals surface area contributed by atoms with Gasteiger partial charge in [0.15, 0.2) is 5.78 Å². The largest absolute Gasteiger partial charge is 0.473 e. The van der Waals surface area contributed by atoms with Gasteiger partial charge in [0, 0.05) is 17.8 Å². The van der Waals surface area contributed by atoms with Crippen LogP contribution in [0.2, 0.25) is 0 Å². The van der Waals surface area contributed by atoms with Gasteiger partial charge in [-0.05, 0) is 24.6 Å². The molecule has 1 heterocycles. The molecule has 1 aromatic heterocycles. The molecule has 0 aliphatic carbocycles. The van der Waals surface area contributed by atoms with E-state index < -0.39 is 0 Å². The molecule has 0 bridgehead atoms. The van der Waals surface area contributed by atoms with E-state index in [9.17, 15) is 4.79 Å². The molecular weight excluding hydrogens is 214 g/mol. The second-order valence-electron chi connectivity index (χ2n) is 3.71. The minimum Gasteiger partial charge on any atom is -0.473 e. The molecule has 0 aliphatic heterocycles. The summed E-state index contributed by atoms with van der Waals surface area (Å²) >= 11 is 0. The van der Waals surface area contributed by atoms with Crippen LogP contribution >= 0.6 is 0 Å². The average molecular weight is 227 g/mol. The van der Waals surface area contributed by atoms with Crippen molar-refractivity contribution < 1.29 is 9.53 Å². The first-order valence-corrected chi connectivity index (χ1v) is 5.39. The van der Waals surface area contributed by atoms with Crippen molar-refractivity contribution in [3.05, 3.63) is 59.8 Å². The number of pyridine rings is 1. The van der Waals surface area contributed by atoms with E-state index in [1.807, 2.05) is 30.3 Å². The quantitative estimate of drug-likeness (QED) is 0.754. The Morgan fingerprint density at radius 1 is 1.24 bits per heavy atom. The molecule has 2 rings (SSSR count). The second-order valence-corrected chi connectivity index (χ2v) is 3.71. The van der Waals surface area contributed by atoms with E-state index in [2.05, 4.69) is 4.98 Å². The topological polar surface area (TPSA) is 39.2 Å². The molecule has 0 unspecified atom stereocenters. The lowest BCUT2D eigenvalue weighted by molar-refractivity contribution is 0.101. The molecule has 3 heteroatoms. The molecule has 0 fully saturated rings. The maximum atomic E-state index is 11.2. The van der Waals surface area contributed by atoms with Crippen LogP contribution in [0.5, 0.6) is 5.88 Å². The van der Waals surface area contributed by atoms with Gasteiger partial charge in [-0.15, -0.1) is 0 Å². The minimum absolute atomic E-state index is 0.0599. The van der Waals surface area contributed by atoms with Gasteiger partial charge in [-0.2, -0.15) is 0 Å². The Hall–Kier alpha value is -2.16. The van der Waals surface area contributed by atoms with Gasteiger partial charge in [0.1, 0.15) is 6.61 Å². The number of ketones is 1. The predicted molar refractivity (Wildman–Crippen MR) is 65.0 cm³/mol. The summed E-state index contributed by atoms with van der Waals surface area (Å²) in [4.78, 5) is 15.3. The highest BCUT2D eigenvalue weighted by Crippen LogP contribution is 2.10. The average Bonchev–Trinajstić information content (AvgIpc) is 2.38. The molecule has 0 amide bonds. The fourth-order valence-corrected chi connectivity index (χ4v) is 1.47. The molecule has 86 valence electrons. The van der Waals surface area contributed by atoms with Gasteiger partial charge >= 0.3 is 0 Å². The lowest BCUT2D eigenvalue weighted by Gasteiger charge is -2.05. The smallest absolute Gasteiger partial charge is 0.213 e. The van der Waals surface area contributed by atoms with Gasteiger partial charge in [-0.25, -0.2) is 4.98 Å².